The number of nitrogens with one attached hydrogen (secondary N) is 1. The van der Waals surface area contributed by atoms with Gasteiger partial charge < -0.3 is 9.63 Å². The molecule has 1 aromatic heterocycles. The van der Waals surface area contributed by atoms with Gasteiger partial charge in [-0.15, -0.1) is 0 Å². The van der Waals surface area contributed by atoms with Crippen molar-refractivity contribution in [3.63, 3.8) is 0 Å². The fraction of sp³-hybridized carbons (Fsp3) is 0.800. The van der Waals surface area contributed by atoms with Crippen LogP contribution in [0.1, 0.15) is 31.0 Å². The Morgan fingerprint density at radius 2 is 2.32 bits per heavy atom. The number of piperidine rings is 1. The molecule has 0 aliphatic carbocycles. The zero-order valence-electron chi connectivity index (χ0n) is 10.7. The maximum atomic E-state index is 12.2. The highest BCUT2D eigenvalue weighted by molar-refractivity contribution is 7.87. The van der Waals surface area contributed by atoms with Crippen molar-refractivity contribution in [3.8, 4) is 0 Å². The first-order chi connectivity index (χ1) is 9.03. The van der Waals surface area contributed by atoms with E-state index in [4.69, 9.17) is 4.52 Å². The number of aliphatic hydroxyl groups excluding tert-OH is 1. The molecule has 108 valence electrons. The Morgan fingerprint density at radius 1 is 1.53 bits per heavy atom. The lowest BCUT2D eigenvalue weighted by atomic mass is 10.1. The van der Waals surface area contributed by atoms with Gasteiger partial charge in [-0.3, -0.25) is 0 Å². The first-order valence-corrected chi connectivity index (χ1v) is 7.63. The minimum atomic E-state index is -3.63. The van der Waals surface area contributed by atoms with Crippen molar-refractivity contribution >= 4 is 10.2 Å². The average molecular weight is 290 g/mol. The van der Waals surface area contributed by atoms with Crippen LogP contribution in [0, 0.1) is 6.92 Å². The van der Waals surface area contributed by atoms with Crippen molar-refractivity contribution in [2.75, 3.05) is 13.2 Å². The first-order valence-electron chi connectivity index (χ1n) is 6.19. The molecule has 1 atom stereocenters. The normalized spacial score (nSPS) is 21.7. The molecule has 2 rings (SSSR count). The SMILES string of the molecule is Cc1nc(CNS(=O)(=O)N2CCCCC2CO)no1. The molecule has 1 fully saturated rings. The van der Waals surface area contributed by atoms with E-state index in [1.807, 2.05) is 0 Å². The fourth-order valence-electron chi connectivity index (χ4n) is 2.12. The van der Waals surface area contributed by atoms with Gasteiger partial charge in [-0.25, -0.2) is 0 Å². The Bertz CT molecular complexity index is 515. The van der Waals surface area contributed by atoms with Crippen LogP contribution in [-0.4, -0.2) is 47.2 Å². The van der Waals surface area contributed by atoms with Gasteiger partial charge in [0, 0.05) is 19.5 Å². The minimum absolute atomic E-state index is 0.0195. The van der Waals surface area contributed by atoms with Gasteiger partial charge in [-0.2, -0.15) is 22.4 Å². The summed E-state index contributed by atoms with van der Waals surface area (Å²) in [5, 5.41) is 12.9. The topological polar surface area (TPSA) is 109 Å². The summed E-state index contributed by atoms with van der Waals surface area (Å²) in [5.41, 5.74) is 0. The van der Waals surface area contributed by atoms with Gasteiger partial charge in [-0.1, -0.05) is 11.6 Å². The summed E-state index contributed by atoms with van der Waals surface area (Å²) in [4.78, 5) is 3.93. The lowest BCUT2D eigenvalue weighted by Crippen LogP contribution is -2.50. The summed E-state index contributed by atoms with van der Waals surface area (Å²) >= 11 is 0. The van der Waals surface area contributed by atoms with Crippen LogP contribution in [0.5, 0.6) is 0 Å². The average Bonchev–Trinajstić information content (AvgIpc) is 2.82. The quantitative estimate of drug-likeness (QED) is 0.761. The standard InChI is InChI=1S/C10H18N4O4S/c1-8-12-10(13-18-8)6-11-19(16,17)14-5-3-2-4-9(14)7-15/h9,11,15H,2-7H2,1H3. The third kappa shape index (κ3) is 3.50. The van der Waals surface area contributed by atoms with Crippen molar-refractivity contribution in [1.29, 1.82) is 0 Å². The van der Waals surface area contributed by atoms with Crippen LogP contribution < -0.4 is 4.72 Å². The highest BCUT2D eigenvalue weighted by Gasteiger charge is 2.31. The molecule has 1 aromatic rings. The van der Waals surface area contributed by atoms with Gasteiger partial charge in [0.2, 0.25) is 5.89 Å². The molecule has 1 saturated heterocycles. The van der Waals surface area contributed by atoms with Crippen LogP contribution >= 0.6 is 0 Å². The Balaban J connectivity index is 2.00. The zero-order chi connectivity index (χ0) is 13.9. The molecule has 0 bridgehead atoms. The molecule has 0 aromatic carbocycles. The van der Waals surface area contributed by atoms with Gasteiger partial charge in [0.05, 0.1) is 13.2 Å². The van der Waals surface area contributed by atoms with Crippen molar-refractivity contribution in [3.05, 3.63) is 11.7 Å². The third-order valence-electron chi connectivity index (χ3n) is 3.07. The van der Waals surface area contributed by atoms with E-state index in [2.05, 4.69) is 14.9 Å². The number of aliphatic hydroxyl groups is 1. The molecule has 2 heterocycles. The van der Waals surface area contributed by atoms with Crippen molar-refractivity contribution < 1.29 is 18.0 Å². The number of rotatable bonds is 5. The number of aryl methyl sites for hydroxylation is 1. The van der Waals surface area contributed by atoms with Gasteiger partial charge in [0.1, 0.15) is 0 Å². The molecule has 0 radical (unpaired) electrons. The monoisotopic (exact) mass is 290 g/mol. The number of aromatic nitrogens is 2. The Hall–Kier alpha value is -1.03. The van der Waals surface area contributed by atoms with Gasteiger partial charge in [0.15, 0.2) is 5.82 Å². The molecule has 2 N–H and O–H groups in total. The maximum absolute atomic E-state index is 12.2. The van der Waals surface area contributed by atoms with Crippen LogP contribution in [-0.2, 0) is 16.8 Å². The predicted octanol–water partition coefficient (Wildman–Crippen LogP) is -0.441. The minimum Gasteiger partial charge on any atom is -0.395 e. The molecule has 8 nitrogen and oxygen atoms in total. The van der Waals surface area contributed by atoms with E-state index in [1.165, 1.54) is 4.31 Å². The van der Waals surface area contributed by atoms with Crippen LogP contribution in [0.25, 0.3) is 0 Å². The van der Waals surface area contributed by atoms with E-state index in [1.54, 1.807) is 6.92 Å². The lowest BCUT2D eigenvalue weighted by Gasteiger charge is -2.33. The molecular formula is C10H18N4O4S. The van der Waals surface area contributed by atoms with Gasteiger partial charge >= 0.3 is 0 Å². The van der Waals surface area contributed by atoms with Crippen molar-refractivity contribution in [2.24, 2.45) is 0 Å². The molecule has 0 amide bonds. The van der Waals surface area contributed by atoms with E-state index in [0.29, 0.717) is 24.7 Å². The fourth-order valence-corrected chi connectivity index (χ4v) is 3.54. The molecule has 1 aliphatic heterocycles. The van der Waals surface area contributed by atoms with Crippen LogP contribution in [0.4, 0.5) is 0 Å². The molecule has 1 aliphatic rings. The predicted molar refractivity (Wildman–Crippen MR) is 66.2 cm³/mol. The zero-order valence-corrected chi connectivity index (χ0v) is 11.6. The maximum Gasteiger partial charge on any atom is 0.280 e. The second-order valence-corrected chi connectivity index (χ2v) is 6.21. The molecular weight excluding hydrogens is 272 g/mol. The highest BCUT2D eigenvalue weighted by atomic mass is 32.2. The largest absolute Gasteiger partial charge is 0.395 e. The van der Waals surface area contributed by atoms with Crippen molar-refractivity contribution in [1.82, 2.24) is 19.2 Å². The molecule has 19 heavy (non-hydrogen) atoms. The van der Waals surface area contributed by atoms with E-state index in [0.717, 1.165) is 12.8 Å². The summed E-state index contributed by atoms with van der Waals surface area (Å²) in [6, 6.07) is -0.349. The Kier molecular flexibility index (Phi) is 4.50. The van der Waals surface area contributed by atoms with Gasteiger partial charge in [0.25, 0.3) is 10.2 Å². The third-order valence-corrected chi connectivity index (χ3v) is 4.68. The highest BCUT2D eigenvalue weighted by Crippen LogP contribution is 2.19. The lowest BCUT2D eigenvalue weighted by molar-refractivity contribution is 0.154. The van der Waals surface area contributed by atoms with E-state index in [9.17, 15) is 13.5 Å². The van der Waals surface area contributed by atoms with Crippen molar-refractivity contribution in [2.45, 2.75) is 38.8 Å². The Morgan fingerprint density at radius 3 is 2.95 bits per heavy atom. The van der Waals surface area contributed by atoms with E-state index in [-0.39, 0.29) is 19.2 Å². The Labute approximate surface area is 112 Å². The summed E-state index contributed by atoms with van der Waals surface area (Å²) in [6.07, 6.45) is 2.42. The van der Waals surface area contributed by atoms with Crippen LogP contribution in [0.2, 0.25) is 0 Å². The van der Waals surface area contributed by atoms with E-state index >= 15 is 0 Å². The number of hydrogen-bond acceptors (Lipinski definition) is 6. The summed E-state index contributed by atoms with van der Waals surface area (Å²) < 4.78 is 32.8. The summed E-state index contributed by atoms with van der Waals surface area (Å²) in [7, 11) is -3.63. The molecule has 9 heteroatoms. The number of hydrogen-bond donors (Lipinski definition) is 2. The smallest absolute Gasteiger partial charge is 0.280 e. The first kappa shape index (κ1) is 14.4. The summed E-state index contributed by atoms with van der Waals surface area (Å²) in [6.45, 7) is 1.87. The molecule has 1 unspecified atom stereocenters. The van der Waals surface area contributed by atoms with Crippen LogP contribution in [0.3, 0.4) is 0 Å². The van der Waals surface area contributed by atoms with Gasteiger partial charge in [-0.05, 0) is 12.8 Å². The molecule has 0 saturated carbocycles. The number of nitrogens with zero attached hydrogens (tertiary/aromatic N) is 3. The molecule has 0 spiro atoms. The van der Waals surface area contributed by atoms with E-state index < -0.39 is 10.2 Å². The second-order valence-electron chi connectivity index (χ2n) is 4.50. The van der Waals surface area contributed by atoms with Crippen LogP contribution in [0.15, 0.2) is 4.52 Å². The second kappa shape index (κ2) is 5.95. The summed E-state index contributed by atoms with van der Waals surface area (Å²) in [5.74, 6) is 0.680.